The molecule has 43 heavy (non-hydrogen) atoms. The number of carbonyl (C=O) groups excluding carboxylic acids is 1. The number of nitrogens with zero attached hydrogens (tertiary/aromatic N) is 5. The number of aromatic nitrogens is 2. The minimum atomic E-state index is -0.268. The van der Waals surface area contributed by atoms with Crippen molar-refractivity contribution in [1.29, 1.82) is 5.41 Å². The van der Waals surface area contributed by atoms with Gasteiger partial charge in [0.05, 0.1) is 42.0 Å². The number of carbonyl (C=O) groups is 1. The lowest BCUT2D eigenvalue weighted by Gasteiger charge is -2.58. The van der Waals surface area contributed by atoms with E-state index in [1.54, 1.807) is 6.07 Å². The highest BCUT2D eigenvalue weighted by Crippen LogP contribution is 2.56. The molecule has 1 aliphatic carbocycles. The standard InChI is InChI=1S/C31H41Cl2N7O3/c1-5-25(41)38-17-31(18-38)11-20(12-31)40-19(2)26(27-22(13-34)24(35)10-23(32)28(27)33)29(36-40)39-7-6-37(16-30(39,3)4)14-21-15-42-8-9-43-21/h5,10,13,20-21,34H,1,6-9,11-12,14-18,35H2,2-4H3. The summed E-state index contributed by atoms with van der Waals surface area (Å²) in [6.07, 6.45) is 4.60. The minimum Gasteiger partial charge on any atom is -0.398 e. The maximum atomic E-state index is 12.1. The van der Waals surface area contributed by atoms with Gasteiger partial charge in [0.15, 0.2) is 5.82 Å². The summed E-state index contributed by atoms with van der Waals surface area (Å²) in [4.78, 5) is 18.7. The molecule has 1 aromatic heterocycles. The van der Waals surface area contributed by atoms with Gasteiger partial charge in [-0.15, -0.1) is 0 Å². The fourth-order valence-corrected chi connectivity index (χ4v) is 8.02. The van der Waals surface area contributed by atoms with Gasteiger partial charge in [0.25, 0.3) is 0 Å². The van der Waals surface area contributed by atoms with Crippen LogP contribution < -0.4 is 10.6 Å². The van der Waals surface area contributed by atoms with Crippen LogP contribution in [-0.4, -0.2) is 102 Å². The van der Waals surface area contributed by atoms with Crippen molar-refractivity contribution in [2.75, 3.05) is 69.7 Å². The van der Waals surface area contributed by atoms with Crippen LogP contribution in [0.4, 0.5) is 11.5 Å². The second kappa shape index (κ2) is 11.4. The summed E-state index contributed by atoms with van der Waals surface area (Å²) in [6, 6.07) is 1.80. The van der Waals surface area contributed by atoms with E-state index < -0.39 is 0 Å². The van der Waals surface area contributed by atoms with Crippen LogP contribution in [0.15, 0.2) is 18.7 Å². The molecule has 0 radical (unpaired) electrons. The van der Waals surface area contributed by atoms with E-state index >= 15 is 0 Å². The third-order valence-corrected chi connectivity index (χ3v) is 10.4. The van der Waals surface area contributed by atoms with E-state index in [2.05, 4.69) is 41.8 Å². The molecule has 1 unspecified atom stereocenters. The third-order valence-electron chi connectivity index (χ3n) is 9.62. The van der Waals surface area contributed by atoms with Gasteiger partial charge in [-0.05, 0) is 45.8 Å². The number of hydrogen-bond acceptors (Lipinski definition) is 8. The predicted octanol–water partition coefficient (Wildman–Crippen LogP) is 4.41. The van der Waals surface area contributed by atoms with Crippen LogP contribution >= 0.6 is 23.2 Å². The SMILES string of the molecule is C=CC(=O)N1CC2(CC(n3nc(N4CCN(CC5COCCO5)CC4(C)C)c(-c4c(Cl)c(Cl)cc(N)c4C=N)c3C)C2)C1. The summed E-state index contributed by atoms with van der Waals surface area (Å²) in [7, 11) is 0. The first-order valence-electron chi connectivity index (χ1n) is 14.9. The zero-order valence-corrected chi connectivity index (χ0v) is 26.7. The summed E-state index contributed by atoms with van der Waals surface area (Å²) >= 11 is 13.5. The number of anilines is 2. The van der Waals surface area contributed by atoms with Crippen molar-refractivity contribution in [3.63, 3.8) is 0 Å². The monoisotopic (exact) mass is 629 g/mol. The minimum absolute atomic E-state index is 0.00905. The Kier molecular flexibility index (Phi) is 8.04. The number of halogens is 2. The number of nitrogens with one attached hydrogen (secondary N) is 1. The van der Waals surface area contributed by atoms with Crippen molar-refractivity contribution in [1.82, 2.24) is 19.6 Å². The molecule has 2 aromatic rings. The highest BCUT2D eigenvalue weighted by atomic mass is 35.5. The van der Waals surface area contributed by atoms with Crippen molar-refractivity contribution in [3.8, 4) is 11.1 Å². The van der Waals surface area contributed by atoms with E-state index in [4.69, 9.17) is 48.9 Å². The quantitative estimate of drug-likeness (QED) is 0.265. The van der Waals surface area contributed by atoms with E-state index in [-0.39, 0.29) is 29.0 Å². The number of hydrogen-bond donors (Lipinski definition) is 2. The van der Waals surface area contributed by atoms with Crippen LogP contribution in [-0.2, 0) is 14.3 Å². The summed E-state index contributed by atoms with van der Waals surface area (Å²) in [6.45, 7) is 16.8. The molecule has 232 valence electrons. The van der Waals surface area contributed by atoms with Crippen LogP contribution in [0.25, 0.3) is 11.1 Å². The highest BCUT2D eigenvalue weighted by Gasteiger charge is 2.54. The van der Waals surface area contributed by atoms with E-state index in [1.807, 2.05) is 4.90 Å². The molecule has 6 rings (SSSR count). The number of piperazine rings is 1. The average Bonchev–Trinajstić information content (AvgIpc) is 3.24. The normalized spacial score (nSPS) is 23.6. The number of benzene rings is 1. The number of rotatable bonds is 7. The van der Waals surface area contributed by atoms with Gasteiger partial charge in [-0.25, -0.2) is 0 Å². The lowest BCUT2D eigenvalue weighted by Crippen LogP contribution is -2.63. The molecule has 4 aliphatic rings. The van der Waals surface area contributed by atoms with Gasteiger partial charge >= 0.3 is 0 Å². The fraction of sp³-hybridized carbons (Fsp3) is 0.581. The van der Waals surface area contributed by atoms with Crippen LogP contribution in [0.5, 0.6) is 0 Å². The number of amides is 1. The lowest BCUT2D eigenvalue weighted by molar-refractivity contribution is -0.149. The molecule has 4 fully saturated rings. The first-order chi connectivity index (χ1) is 20.5. The Hall–Kier alpha value is -2.63. The lowest BCUT2D eigenvalue weighted by atomic mass is 9.60. The molecule has 3 saturated heterocycles. The second-order valence-electron chi connectivity index (χ2n) is 13.2. The summed E-state index contributed by atoms with van der Waals surface area (Å²) in [5.74, 6) is 0.814. The van der Waals surface area contributed by atoms with Crippen molar-refractivity contribution < 1.29 is 14.3 Å². The van der Waals surface area contributed by atoms with Crippen molar-refractivity contribution in [2.45, 2.75) is 51.3 Å². The first kappa shape index (κ1) is 30.4. The maximum Gasteiger partial charge on any atom is 0.245 e. The van der Waals surface area contributed by atoms with Gasteiger partial charge in [-0.3, -0.25) is 14.4 Å². The Morgan fingerprint density at radius 3 is 2.58 bits per heavy atom. The van der Waals surface area contributed by atoms with Gasteiger partial charge in [0, 0.05) is 84.5 Å². The van der Waals surface area contributed by atoms with E-state index in [0.717, 1.165) is 69.2 Å². The Morgan fingerprint density at radius 1 is 1.21 bits per heavy atom. The van der Waals surface area contributed by atoms with Crippen LogP contribution in [0.1, 0.15) is 44.0 Å². The smallest absolute Gasteiger partial charge is 0.245 e. The zero-order valence-electron chi connectivity index (χ0n) is 25.2. The van der Waals surface area contributed by atoms with Crippen LogP contribution in [0, 0.1) is 17.7 Å². The van der Waals surface area contributed by atoms with Gasteiger partial charge in [-0.2, -0.15) is 5.10 Å². The van der Waals surface area contributed by atoms with Crippen LogP contribution in [0.3, 0.4) is 0 Å². The van der Waals surface area contributed by atoms with E-state index in [1.165, 1.54) is 12.3 Å². The van der Waals surface area contributed by atoms with Crippen LogP contribution in [0.2, 0.25) is 10.0 Å². The molecule has 12 heteroatoms. The average molecular weight is 631 g/mol. The molecular formula is C31H41Cl2N7O3. The predicted molar refractivity (Wildman–Crippen MR) is 171 cm³/mol. The van der Waals surface area contributed by atoms with Gasteiger partial charge in [0.2, 0.25) is 5.91 Å². The summed E-state index contributed by atoms with van der Waals surface area (Å²) < 4.78 is 13.7. The molecule has 3 N–H and O–H groups in total. The van der Waals surface area contributed by atoms with Gasteiger partial charge < -0.3 is 30.4 Å². The molecule has 1 amide bonds. The zero-order chi connectivity index (χ0) is 30.7. The molecular weight excluding hydrogens is 589 g/mol. The Balaban J connectivity index is 1.35. The number of nitrogen functional groups attached to an aromatic ring is 1. The van der Waals surface area contributed by atoms with Crippen molar-refractivity contribution in [3.05, 3.63) is 40.0 Å². The topological polar surface area (TPSA) is 113 Å². The van der Waals surface area contributed by atoms with Crippen molar-refractivity contribution in [2.24, 2.45) is 5.41 Å². The fourth-order valence-electron chi connectivity index (χ4n) is 7.55. The maximum absolute atomic E-state index is 12.1. The summed E-state index contributed by atoms with van der Waals surface area (Å²) in [5.41, 5.74) is 9.66. The molecule has 0 bridgehead atoms. The number of likely N-dealkylation sites (tertiary alicyclic amines) is 1. The first-order valence-corrected chi connectivity index (χ1v) is 15.7. The third kappa shape index (κ3) is 5.35. The molecule has 1 atom stereocenters. The van der Waals surface area contributed by atoms with Crippen molar-refractivity contribution >= 4 is 46.8 Å². The highest BCUT2D eigenvalue weighted by molar-refractivity contribution is 6.44. The molecule has 4 heterocycles. The van der Waals surface area contributed by atoms with Gasteiger partial charge in [0.1, 0.15) is 0 Å². The Labute approximate surface area is 263 Å². The molecule has 1 spiro atoms. The Bertz CT molecular complexity index is 1440. The van der Waals surface area contributed by atoms with E-state index in [0.29, 0.717) is 46.7 Å². The second-order valence-corrected chi connectivity index (χ2v) is 13.9. The van der Waals surface area contributed by atoms with Gasteiger partial charge in [-0.1, -0.05) is 29.8 Å². The number of ether oxygens (including phenoxy) is 2. The summed E-state index contributed by atoms with van der Waals surface area (Å²) in [5, 5.41) is 14.2. The molecule has 1 saturated carbocycles. The molecule has 1 aromatic carbocycles. The largest absolute Gasteiger partial charge is 0.398 e. The molecule has 10 nitrogen and oxygen atoms in total. The van der Waals surface area contributed by atoms with E-state index in [9.17, 15) is 4.79 Å². The number of nitrogens with two attached hydrogens (primary N) is 1. The Morgan fingerprint density at radius 2 is 1.95 bits per heavy atom. The molecule has 3 aliphatic heterocycles.